The number of carbonyl (C=O) groups excluding carboxylic acids is 1. The Morgan fingerprint density at radius 2 is 1.89 bits per heavy atom. The van der Waals surface area contributed by atoms with Gasteiger partial charge < -0.3 is 4.74 Å². The topological polar surface area (TPSA) is 26.3 Å². The maximum atomic E-state index is 12.9. The maximum absolute atomic E-state index is 12.9. The first-order valence-electron chi connectivity index (χ1n) is 5.89. The largest absolute Gasteiger partial charge is 0.483 e. The molecule has 0 fully saturated rings. The highest BCUT2D eigenvalue weighted by Crippen LogP contribution is 2.39. The van der Waals surface area contributed by atoms with Gasteiger partial charge in [0.25, 0.3) is 0 Å². The van der Waals surface area contributed by atoms with Crippen LogP contribution in [0.5, 0.6) is 5.75 Å². The second-order valence-corrected chi connectivity index (χ2v) is 4.81. The van der Waals surface area contributed by atoms with Gasteiger partial charge in [0.1, 0.15) is 17.7 Å². The number of fused-ring (bicyclic) bond motifs is 1. The molecule has 1 atom stereocenters. The molecule has 0 saturated carbocycles. The summed E-state index contributed by atoms with van der Waals surface area (Å²) < 4.78 is 18.7. The van der Waals surface area contributed by atoms with Gasteiger partial charge in [-0.3, -0.25) is 4.79 Å². The number of carbonyl (C=O) groups is 1. The first-order chi connectivity index (χ1) is 9.15. The summed E-state index contributed by atoms with van der Waals surface area (Å²) in [6.45, 7) is 0. The molecule has 96 valence electrons. The SMILES string of the molecule is O=C1C[C@H](c2ccc(F)cc2)Oc2c(Cl)cccc21. The minimum Gasteiger partial charge on any atom is -0.483 e. The van der Waals surface area contributed by atoms with E-state index in [-0.39, 0.29) is 18.0 Å². The molecule has 0 aliphatic carbocycles. The summed E-state index contributed by atoms with van der Waals surface area (Å²) in [6, 6.07) is 11.0. The van der Waals surface area contributed by atoms with Gasteiger partial charge in [0.05, 0.1) is 17.0 Å². The smallest absolute Gasteiger partial charge is 0.170 e. The highest BCUT2D eigenvalue weighted by atomic mass is 35.5. The van der Waals surface area contributed by atoms with Crippen LogP contribution in [0.2, 0.25) is 5.02 Å². The lowest BCUT2D eigenvalue weighted by Gasteiger charge is -2.26. The predicted octanol–water partition coefficient (Wildman–Crippen LogP) is 4.19. The van der Waals surface area contributed by atoms with Crippen LogP contribution in [0.25, 0.3) is 0 Å². The van der Waals surface area contributed by atoms with Gasteiger partial charge in [0, 0.05) is 0 Å². The first-order valence-corrected chi connectivity index (χ1v) is 6.27. The van der Waals surface area contributed by atoms with Crippen LogP contribution in [-0.4, -0.2) is 5.78 Å². The summed E-state index contributed by atoms with van der Waals surface area (Å²) in [5.41, 5.74) is 1.27. The number of benzene rings is 2. The molecular weight excluding hydrogens is 267 g/mol. The highest BCUT2D eigenvalue weighted by Gasteiger charge is 2.28. The van der Waals surface area contributed by atoms with Crippen molar-refractivity contribution in [1.82, 2.24) is 0 Å². The fraction of sp³-hybridized carbons (Fsp3) is 0.133. The zero-order valence-corrected chi connectivity index (χ0v) is 10.7. The van der Waals surface area contributed by atoms with Gasteiger partial charge in [-0.2, -0.15) is 0 Å². The molecule has 0 radical (unpaired) electrons. The third-order valence-electron chi connectivity index (χ3n) is 3.14. The molecule has 19 heavy (non-hydrogen) atoms. The number of ketones is 1. The molecule has 3 rings (SSSR count). The van der Waals surface area contributed by atoms with E-state index >= 15 is 0 Å². The molecule has 2 aromatic carbocycles. The van der Waals surface area contributed by atoms with Crippen molar-refractivity contribution in [2.45, 2.75) is 12.5 Å². The van der Waals surface area contributed by atoms with E-state index in [1.165, 1.54) is 12.1 Å². The summed E-state index contributed by atoms with van der Waals surface area (Å²) in [4.78, 5) is 12.1. The van der Waals surface area contributed by atoms with E-state index in [0.29, 0.717) is 16.3 Å². The molecule has 0 bridgehead atoms. The quantitative estimate of drug-likeness (QED) is 0.781. The van der Waals surface area contributed by atoms with E-state index in [0.717, 1.165) is 5.56 Å². The number of ether oxygens (including phenoxy) is 1. The average molecular weight is 277 g/mol. The van der Waals surface area contributed by atoms with Crippen molar-refractivity contribution in [3.8, 4) is 5.75 Å². The van der Waals surface area contributed by atoms with Crippen molar-refractivity contribution in [3.05, 3.63) is 64.4 Å². The number of rotatable bonds is 1. The van der Waals surface area contributed by atoms with Crippen LogP contribution in [0.4, 0.5) is 4.39 Å². The fourth-order valence-electron chi connectivity index (χ4n) is 2.17. The lowest BCUT2D eigenvalue weighted by Crippen LogP contribution is -2.20. The number of hydrogen-bond acceptors (Lipinski definition) is 2. The van der Waals surface area contributed by atoms with Crippen LogP contribution in [-0.2, 0) is 0 Å². The molecule has 0 saturated heterocycles. The normalized spacial score (nSPS) is 17.8. The summed E-state index contributed by atoms with van der Waals surface area (Å²) in [7, 11) is 0. The van der Waals surface area contributed by atoms with Crippen LogP contribution >= 0.6 is 11.6 Å². The monoisotopic (exact) mass is 276 g/mol. The molecular formula is C15H10ClFO2. The molecule has 2 nitrogen and oxygen atoms in total. The van der Waals surface area contributed by atoms with Gasteiger partial charge in [-0.05, 0) is 29.8 Å². The second kappa shape index (κ2) is 4.67. The Kier molecular flexibility index (Phi) is 2.99. The summed E-state index contributed by atoms with van der Waals surface area (Å²) in [5.74, 6) is 0.0807. The van der Waals surface area contributed by atoms with E-state index in [4.69, 9.17) is 16.3 Å². The van der Waals surface area contributed by atoms with Crippen molar-refractivity contribution >= 4 is 17.4 Å². The minimum absolute atomic E-state index is 0.0157. The second-order valence-electron chi connectivity index (χ2n) is 4.40. The molecule has 0 spiro atoms. The molecule has 1 aliphatic heterocycles. The van der Waals surface area contributed by atoms with E-state index in [1.54, 1.807) is 30.3 Å². The van der Waals surface area contributed by atoms with E-state index < -0.39 is 6.10 Å². The Morgan fingerprint density at radius 1 is 1.16 bits per heavy atom. The Bertz CT molecular complexity index is 637. The van der Waals surface area contributed by atoms with Crippen molar-refractivity contribution in [2.24, 2.45) is 0 Å². The number of hydrogen-bond donors (Lipinski definition) is 0. The zero-order chi connectivity index (χ0) is 13.4. The van der Waals surface area contributed by atoms with Crippen molar-refractivity contribution in [2.75, 3.05) is 0 Å². The summed E-state index contributed by atoms with van der Waals surface area (Å²) in [5, 5.41) is 0.415. The van der Waals surface area contributed by atoms with Crippen LogP contribution in [0.15, 0.2) is 42.5 Å². The fourth-order valence-corrected chi connectivity index (χ4v) is 2.39. The first kappa shape index (κ1) is 12.2. The van der Waals surface area contributed by atoms with E-state index in [1.807, 2.05) is 0 Å². The van der Waals surface area contributed by atoms with Crippen LogP contribution in [0.3, 0.4) is 0 Å². The Hall–Kier alpha value is -1.87. The number of para-hydroxylation sites is 1. The van der Waals surface area contributed by atoms with Crippen molar-refractivity contribution in [3.63, 3.8) is 0 Å². The zero-order valence-electron chi connectivity index (χ0n) is 9.90. The third-order valence-corrected chi connectivity index (χ3v) is 3.44. The molecule has 0 unspecified atom stereocenters. The summed E-state index contributed by atoms with van der Waals surface area (Å²) in [6.07, 6.45) is -0.181. The van der Waals surface area contributed by atoms with Crippen LogP contribution in [0, 0.1) is 5.82 Å². The molecule has 1 aliphatic rings. The Morgan fingerprint density at radius 3 is 2.63 bits per heavy atom. The molecule has 0 aromatic heterocycles. The van der Waals surface area contributed by atoms with Gasteiger partial charge in [0.15, 0.2) is 5.78 Å². The van der Waals surface area contributed by atoms with Crippen LogP contribution in [0.1, 0.15) is 28.4 Å². The maximum Gasteiger partial charge on any atom is 0.170 e. The molecule has 0 amide bonds. The molecule has 2 aromatic rings. The van der Waals surface area contributed by atoms with Gasteiger partial charge in [-0.1, -0.05) is 29.8 Å². The number of halogens is 2. The van der Waals surface area contributed by atoms with E-state index in [9.17, 15) is 9.18 Å². The predicted molar refractivity (Wildman–Crippen MR) is 70.2 cm³/mol. The van der Waals surface area contributed by atoms with Crippen molar-refractivity contribution < 1.29 is 13.9 Å². The lowest BCUT2D eigenvalue weighted by atomic mass is 9.96. The molecule has 1 heterocycles. The van der Waals surface area contributed by atoms with Gasteiger partial charge in [-0.25, -0.2) is 4.39 Å². The van der Waals surface area contributed by atoms with Gasteiger partial charge in [-0.15, -0.1) is 0 Å². The third kappa shape index (κ3) is 2.22. The van der Waals surface area contributed by atoms with Gasteiger partial charge in [0.2, 0.25) is 0 Å². The Balaban J connectivity index is 1.99. The highest BCUT2D eigenvalue weighted by molar-refractivity contribution is 6.32. The van der Waals surface area contributed by atoms with Gasteiger partial charge >= 0.3 is 0 Å². The number of Topliss-reactive ketones (excluding diaryl/α,β-unsaturated/α-hetero) is 1. The van der Waals surface area contributed by atoms with Crippen LogP contribution < -0.4 is 4.74 Å². The Labute approximate surface area is 114 Å². The lowest BCUT2D eigenvalue weighted by molar-refractivity contribution is 0.0850. The minimum atomic E-state index is -0.416. The van der Waals surface area contributed by atoms with Crippen molar-refractivity contribution in [1.29, 1.82) is 0 Å². The average Bonchev–Trinajstić information content (AvgIpc) is 2.41. The molecule has 4 heteroatoms. The standard InChI is InChI=1S/C15H10ClFO2/c16-12-3-1-2-11-13(18)8-14(19-15(11)12)9-4-6-10(17)7-5-9/h1-7,14H,8H2/t14-/m1/s1. The molecule has 0 N–H and O–H groups in total. The summed E-state index contributed by atoms with van der Waals surface area (Å²) >= 11 is 6.05. The van der Waals surface area contributed by atoms with E-state index in [2.05, 4.69) is 0 Å².